The predicted molar refractivity (Wildman–Crippen MR) is 90.0 cm³/mol. The van der Waals surface area contributed by atoms with Crippen LogP contribution in [-0.4, -0.2) is 51.1 Å². The van der Waals surface area contributed by atoms with Crippen LogP contribution in [0.15, 0.2) is 0 Å². The lowest BCUT2D eigenvalue weighted by Gasteiger charge is -2.41. The molecule has 1 aliphatic heterocycles. The minimum absolute atomic E-state index is 0.139. The number of aliphatic hydroxyl groups excluding tert-OH is 1. The summed E-state index contributed by atoms with van der Waals surface area (Å²) >= 11 is 0. The molecule has 0 unspecified atom stereocenters. The van der Waals surface area contributed by atoms with Crippen LogP contribution in [0.1, 0.15) is 50.6 Å². The van der Waals surface area contributed by atoms with Gasteiger partial charge in [-0.3, -0.25) is 9.58 Å². The fourth-order valence-electron chi connectivity index (χ4n) is 3.30. The van der Waals surface area contributed by atoms with Crippen molar-refractivity contribution < 1.29 is 5.11 Å². The van der Waals surface area contributed by atoms with Crippen molar-refractivity contribution in [1.82, 2.24) is 20.0 Å². The van der Waals surface area contributed by atoms with Gasteiger partial charge >= 0.3 is 0 Å². The molecule has 0 radical (unpaired) electrons. The maximum absolute atomic E-state index is 9.09. The molecule has 5 heteroatoms. The molecule has 0 atom stereocenters. The number of aromatic nitrogens is 2. The molecule has 1 aromatic rings. The monoisotopic (exact) mass is 308 g/mol. The van der Waals surface area contributed by atoms with Crippen molar-refractivity contribution in [3.63, 3.8) is 0 Å². The number of piperidine rings is 1. The first-order chi connectivity index (χ1) is 10.3. The molecule has 1 aliphatic rings. The van der Waals surface area contributed by atoms with Gasteiger partial charge in [0.2, 0.25) is 0 Å². The zero-order chi connectivity index (χ0) is 16.3. The van der Waals surface area contributed by atoms with Crippen molar-refractivity contribution in [1.29, 1.82) is 0 Å². The van der Waals surface area contributed by atoms with Crippen LogP contribution in [0.5, 0.6) is 0 Å². The van der Waals surface area contributed by atoms with E-state index in [0.717, 1.165) is 12.2 Å². The van der Waals surface area contributed by atoms with Gasteiger partial charge in [0.25, 0.3) is 0 Å². The molecule has 2 heterocycles. The standard InChI is InChI=1S/C17H32N4O/c1-13-16(14(2)21(19-13)10-11-22)12-18-15-6-8-20(9-7-15)17(3,4)5/h15,18,22H,6-12H2,1-5H3. The molecule has 5 nitrogen and oxygen atoms in total. The fourth-order valence-corrected chi connectivity index (χ4v) is 3.30. The van der Waals surface area contributed by atoms with Crippen molar-refractivity contribution >= 4 is 0 Å². The van der Waals surface area contributed by atoms with E-state index in [-0.39, 0.29) is 12.1 Å². The highest BCUT2D eigenvalue weighted by Crippen LogP contribution is 2.21. The Labute approximate surface area is 134 Å². The summed E-state index contributed by atoms with van der Waals surface area (Å²) in [4.78, 5) is 2.57. The van der Waals surface area contributed by atoms with Gasteiger partial charge in [0.1, 0.15) is 0 Å². The van der Waals surface area contributed by atoms with Gasteiger partial charge in [-0.25, -0.2) is 0 Å². The number of aryl methyl sites for hydroxylation is 1. The van der Waals surface area contributed by atoms with E-state index in [1.54, 1.807) is 0 Å². The molecular weight excluding hydrogens is 276 g/mol. The number of hydrogen-bond acceptors (Lipinski definition) is 4. The van der Waals surface area contributed by atoms with Crippen LogP contribution in [0.4, 0.5) is 0 Å². The first-order valence-corrected chi connectivity index (χ1v) is 8.45. The van der Waals surface area contributed by atoms with Crippen LogP contribution in [-0.2, 0) is 13.1 Å². The summed E-state index contributed by atoms with van der Waals surface area (Å²) in [6.07, 6.45) is 2.42. The van der Waals surface area contributed by atoms with Gasteiger partial charge in [-0.2, -0.15) is 5.10 Å². The SMILES string of the molecule is Cc1nn(CCO)c(C)c1CNC1CCN(C(C)(C)C)CC1. The second-order valence-electron chi connectivity index (χ2n) is 7.41. The zero-order valence-electron chi connectivity index (χ0n) is 14.8. The molecule has 1 fully saturated rings. The molecule has 126 valence electrons. The van der Waals surface area contributed by atoms with Gasteiger partial charge in [-0.05, 0) is 47.5 Å². The molecule has 0 saturated carbocycles. The lowest BCUT2D eigenvalue weighted by atomic mass is 9.98. The van der Waals surface area contributed by atoms with Crippen LogP contribution in [0.25, 0.3) is 0 Å². The largest absolute Gasteiger partial charge is 0.394 e. The highest BCUT2D eigenvalue weighted by Gasteiger charge is 2.26. The van der Waals surface area contributed by atoms with E-state index in [2.05, 4.69) is 49.9 Å². The quantitative estimate of drug-likeness (QED) is 0.871. The molecule has 22 heavy (non-hydrogen) atoms. The summed E-state index contributed by atoms with van der Waals surface area (Å²) in [6.45, 7) is 15.0. The minimum Gasteiger partial charge on any atom is -0.394 e. The lowest BCUT2D eigenvalue weighted by molar-refractivity contribution is 0.0960. The van der Waals surface area contributed by atoms with Gasteiger partial charge in [0.15, 0.2) is 0 Å². The number of hydrogen-bond donors (Lipinski definition) is 2. The third kappa shape index (κ3) is 4.09. The molecule has 1 saturated heterocycles. The van der Waals surface area contributed by atoms with E-state index in [0.29, 0.717) is 12.6 Å². The number of nitrogens with one attached hydrogen (secondary N) is 1. The summed E-state index contributed by atoms with van der Waals surface area (Å²) in [5.74, 6) is 0. The molecule has 2 N–H and O–H groups in total. The second-order valence-corrected chi connectivity index (χ2v) is 7.41. The van der Waals surface area contributed by atoms with Crippen LogP contribution in [0, 0.1) is 13.8 Å². The van der Waals surface area contributed by atoms with Crippen LogP contribution >= 0.6 is 0 Å². The summed E-state index contributed by atoms with van der Waals surface area (Å²) in [5, 5.41) is 17.3. The number of likely N-dealkylation sites (tertiary alicyclic amines) is 1. The van der Waals surface area contributed by atoms with Crippen molar-refractivity contribution in [3.05, 3.63) is 17.0 Å². The Morgan fingerprint density at radius 1 is 1.23 bits per heavy atom. The van der Waals surface area contributed by atoms with Crippen molar-refractivity contribution in [3.8, 4) is 0 Å². The summed E-state index contributed by atoms with van der Waals surface area (Å²) in [6, 6.07) is 0.596. The molecule has 0 aromatic carbocycles. The Kier molecular flexibility index (Phi) is 5.64. The number of aliphatic hydroxyl groups is 1. The van der Waals surface area contributed by atoms with Crippen molar-refractivity contribution in [2.75, 3.05) is 19.7 Å². The van der Waals surface area contributed by atoms with Crippen molar-refractivity contribution in [2.45, 2.75) is 72.1 Å². The molecule has 0 aliphatic carbocycles. The Morgan fingerprint density at radius 2 is 1.86 bits per heavy atom. The highest BCUT2D eigenvalue weighted by atomic mass is 16.3. The molecule has 1 aromatic heterocycles. The number of nitrogens with zero attached hydrogens (tertiary/aromatic N) is 3. The fraction of sp³-hybridized carbons (Fsp3) is 0.824. The molecular formula is C17H32N4O. The van der Waals surface area contributed by atoms with E-state index >= 15 is 0 Å². The zero-order valence-corrected chi connectivity index (χ0v) is 14.8. The third-order valence-electron chi connectivity index (χ3n) is 4.85. The molecule has 0 bridgehead atoms. The first kappa shape index (κ1) is 17.4. The smallest absolute Gasteiger partial charge is 0.0644 e. The average molecular weight is 308 g/mol. The van der Waals surface area contributed by atoms with E-state index in [1.807, 2.05) is 4.68 Å². The minimum atomic E-state index is 0.139. The van der Waals surface area contributed by atoms with E-state index in [1.165, 1.54) is 37.2 Å². The van der Waals surface area contributed by atoms with Gasteiger partial charge < -0.3 is 10.4 Å². The van der Waals surface area contributed by atoms with Gasteiger partial charge in [-0.15, -0.1) is 0 Å². The van der Waals surface area contributed by atoms with E-state index < -0.39 is 0 Å². The summed E-state index contributed by atoms with van der Waals surface area (Å²) < 4.78 is 1.91. The summed E-state index contributed by atoms with van der Waals surface area (Å²) in [7, 11) is 0. The van der Waals surface area contributed by atoms with Crippen LogP contribution in [0.2, 0.25) is 0 Å². The maximum Gasteiger partial charge on any atom is 0.0644 e. The van der Waals surface area contributed by atoms with Crippen LogP contribution in [0.3, 0.4) is 0 Å². The van der Waals surface area contributed by atoms with Gasteiger partial charge in [-0.1, -0.05) is 0 Å². The van der Waals surface area contributed by atoms with Gasteiger partial charge in [0.05, 0.1) is 18.8 Å². The first-order valence-electron chi connectivity index (χ1n) is 8.45. The molecule has 2 rings (SSSR count). The predicted octanol–water partition coefficient (Wildman–Crippen LogP) is 1.84. The molecule has 0 spiro atoms. The van der Waals surface area contributed by atoms with Crippen LogP contribution < -0.4 is 5.32 Å². The normalized spacial score (nSPS) is 18.1. The second kappa shape index (κ2) is 7.11. The lowest BCUT2D eigenvalue weighted by Crippen LogP contribution is -2.49. The Bertz CT molecular complexity index is 482. The summed E-state index contributed by atoms with van der Waals surface area (Å²) in [5.41, 5.74) is 3.81. The topological polar surface area (TPSA) is 53.3 Å². The van der Waals surface area contributed by atoms with E-state index in [9.17, 15) is 0 Å². The number of rotatable bonds is 5. The Balaban J connectivity index is 1.87. The van der Waals surface area contributed by atoms with E-state index in [4.69, 9.17) is 5.11 Å². The Morgan fingerprint density at radius 3 is 2.41 bits per heavy atom. The maximum atomic E-state index is 9.09. The van der Waals surface area contributed by atoms with Crippen molar-refractivity contribution in [2.24, 2.45) is 0 Å². The molecule has 0 amide bonds. The average Bonchev–Trinajstić information content (AvgIpc) is 2.71. The highest BCUT2D eigenvalue weighted by molar-refractivity contribution is 5.24. The Hall–Kier alpha value is -0.910. The van der Waals surface area contributed by atoms with Gasteiger partial charge in [0, 0.05) is 42.5 Å². The third-order valence-corrected chi connectivity index (χ3v) is 4.85.